The van der Waals surface area contributed by atoms with E-state index in [9.17, 15) is 14.9 Å². The predicted molar refractivity (Wildman–Crippen MR) is 72.0 cm³/mol. The summed E-state index contributed by atoms with van der Waals surface area (Å²) in [5, 5.41) is 11.0. The van der Waals surface area contributed by atoms with Gasteiger partial charge in [-0.25, -0.2) is 0 Å². The largest absolute Gasteiger partial charge is 0.481 e. The van der Waals surface area contributed by atoms with Crippen LogP contribution in [0.15, 0.2) is 12.1 Å². The van der Waals surface area contributed by atoms with Gasteiger partial charge in [-0.2, -0.15) is 4.98 Å². The fourth-order valence-electron chi connectivity index (χ4n) is 1.61. The zero-order valence-corrected chi connectivity index (χ0v) is 11.7. The second-order valence-corrected chi connectivity index (χ2v) is 3.77. The molecule has 0 aromatic carbocycles. The van der Waals surface area contributed by atoms with Crippen LogP contribution >= 0.6 is 0 Å². The van der Waals surface area contributed by atoms with Crippen LogP contribution in [0.4, 0.5) is 11.5 Å². The molecule has 8 nitrogen and oxygen atoms in total. The Morgan fingerprint density at radius 3 is 2.65 bits per heavy atom. The Balaban J connectivity index is 3.11. The Kier molecular flexibility index (Phi) is 5.70. The monoisotopic (exact) mass is 283 g/mol. The van der Waals surface area contributed by atoms with Crippen molar-refractivity contribution in [1.29, 1.82) is 0 Å². The van der Waals surface area contributed by atoms with Gasteiger partial charge in [0.25, 0.3) is 0 Å². The highest BCUT2D eigenvalue weighted by atomic mass is 16.6. The molecule has 0 saturated carbocycles. The molecule has 0 atom stereocenters. The van der Waals surface area contributed by atoms with E-state index in [0.29, 0.717) is 6.54 Å². The van der Waals surface area contributed by atoms with E-state index in [1.807, 2.05) is 0 Å². The number of hydrogen-bond donors (Lipinski definition) is 0. The van der Waals surface area contributed by atoms with Gasteiger partial charge in [0.05, 0.1) is 18.6 Å². The van der Waals surface area contributed by atoms with Crippen molar-refractivity contribution < 1.29 is 19.2 Å². The molecule has 1 rings (SSSR count). The molecule has 0 aliphatic carbocycles. The number of nitro groups is 1. The van der Waals surface area contributed by atoms with Crippen LogP contribution in [0.3, 0.4) is 0 Å². The van der Waals surface area contributed by atoms with Gasteiger partial charge in [-0.1, -0.05) is 0 Å². The number of ether oxygens (including phenoxy) is 2. The van der Waals surface area contributed by atoms with Crippen molar-refractivity contribution in [2.75, 3.05) is 31.7 Å². The molecule has 1 heterocycles. The van der Waals surface area contributed by atoms with Crippen molar-refractivity contribution in [1.82, 2.24) is 4.98 Å². The third kappa shape index (κ3) is 3.81. The summed E-state index contributed by atoms with van der Waals surface area (Å²) in [6, 6.07) is 2.70. The minimum Gasteiger partial charge on any atom is -0.481 e. The number of methoxy groups -OCH3 is 1. The predicted octanol–water partition coefficient (Wildman–Crippen LogP) is 1.39. The van der Waals surface area contributed by atoms with Gasteiger partial charge in [-0.05, 0) is 13.8 Å². The number of carbonyl (C=O) groups is 1. The normalized spacial score (nSPS) is 9.95. The van der Waals surface area contributed by atoms with Crippen molar-refractivity contribution >= 4 is 17.5 Å². The maximum absolute atomic E-state index is 11.5. The molecule has 1 aromatic heterocycles. The van der Waals surface area contributed by atoms with Crippen LogP contribution in [0.2, 0.25) is 0 Å². The van der Waals surface area contributed by atoms with Crippen LogP contribution in [0, 0.1) is 10.1 Å². The highest BCUT2D eigenvalue weighted by Gasteiger charge is 2.23. The molecule has 0 saturated heterocycles. The molecular formula is C12H17N3O5. The van der Waals surface area contributed by atoms with E-state index in [-0.39, 0.29) is 30.5 Å². The van der Waals surface area contributed by atoms with Crippen LogP contribution in [0.5, 0.6) is 5.88 Å². The summed E-state index contributed by atoms with van der Waals surface area (Å²) < 4.78 is 9.80. The lowest BCUT2D eigenvalue weighted by atomic mass is 10.3. The maximum Gasteiger partial charge on any atom is 0.325 e. The number of pyridine rings is 1. The zero-order valence-electron chi connectivity index (χ0n) is 11.7. The first-order valence-electron chi connectivity index (χ1n) is 6.13. The van der Waals surface area contributed by atoms with Crippen molar-refractivity contribution in [3.8, 4) is 5.88 Å². The molecule has 1 aromatic rings. The van der Waals surface area contributed by atoms with E-state index < -0.39 is 10.9 Å². The van der Waals surface area contributed by atoms with Gasteiger partial charge in [0.15, 0.2) is 0 Å². The van der Waals surface area contributed by atoms with Gasteiger partial charge in [0, 0.05) is 18.7 Å². The summed E-state index contributed by atoms with van der Waals surface area (Å²) in [4.78, 5) is 27.5. The molecule has 0 bridgehead atoms. The highest BCUT2D eigenvalue weighted by Crippen LogP contribution is 2.28. The van der Waals surface area contributed by atoms with Crippen molar-refractivity contribution in [3.05, 3.63) is 22.2 Å². The van der Waals surface area contributed by atoms with E-state index in [1.165, 1.54) is 24.1 Å². The van der Waals surface area contributed by atoms with Gasteiger partial charge in [-0.3, -0.25) is 14.9 Å². The smallest absolute Gasteiger partial charge is 0.325 e. The van der Waals surface area contributed by atoms with Gasteiger partial charge >= 0.3 is 11.7 Å². The molecule has 0 aliphatic heterocycles. The van der Waals surface area contributed by atoms with E-state index in [2.05, 4.69) is 4.98 Å². The summed E-state index contributed by atoms with van der Waals surface area (Å²) in [6.45, 7) is 3.99. The zero-order chi connectivity index (χ0) is 15.1. The van der Waals surface area contributed by atoms with Crippen LogP contribution < -0.4 is 9.64 Å². The second-order valence-electron chi connectivity index (χ2n) is 3.77. The first-order valence-corrected chi connectivity index (χ1v) is 6.13. The molecule has 0 radical (unpaired) electrons. The summed E-state index contributed by atoms with van der Waals surface area (Å²) in [5.41, 5.74) is -0.183. The molecule has 0 N–H and O–H groups in total. The molecule has 110 valence electrons. The van der Waals surface area contributed by atoms with E-state index in [4.69, 9.17) is 9.47 Å². The van der Waals surface area contributed by atoms with Gasteiger partial charge < -0.3 is 14.4 Å². The second kappa shape index (κ2) is 7.27. The number of carbonyl (C=O) groups excluding carboxylic acids is 1. The fraction of sp³-hybridized carbons (Fsp3) is 0.500. The Morgan fingerprint density at radius 2 is 2.15 bits per heavy atom. The Bertz CT molecular complexity index is 492. The third-order valence-corrected chi connectivity index (χ3v) is 2.54. The highest BCUT2D eigenvalue weighted by molar-refractivity contribution is 5.76. The van der Waals surface area contributed by atoms with Gasteiger partial charge in [-0.15, -0.1) is 0 Å². The van der Waals surface area contributed by atoms with Crippen LogP contribution in [-0.2, 0) is 9.53 Å². The minimum absolute atomic E-state index is 0.0879. The van der Waals surface area contributed by atoms with Crippen LogP contribution in [0.1, 0.15) is 13.8 Å². The quantitative estimate of drug-likeness (QED) is 0.424. The molecule has 8 heteroatoms. The summed E-state index contributed by atoms with van der Waals surface area (Å²) >= 11 is 0. The third-order valence-electron chi connectivity index (χ3n) is 2.54. The lowest BCUT2D eigenvalue weighted by Gasteiger charge is -2.20. The van der Waals surface area contributed by atoms with Crippen molar-refractivity contribution in [2.24, 2.45) is 0 Å². The maximum atomic E-state index is 11.5. The average molecular weight is 283 g/mol. The first-order chi connectivity index (χ1) is 9.53. The number of esters is 1. The number of nitrogens with zero attached hydrogens (tertiary/aromatic N) is 3. The molecule has 0 aliphatic rings. The van der Waals surface area contributed by atoms with Gasteiger partial charge in [0.1, 0.15) is 6.54 Å². The lowest BCUT2D eigenvalue weighted by Crippen LogP contribution is -2.32. The summed E-state index contributed by atoms with van der Waals surface area (Å²) in [7, 11) is 1.42. The lowest BCUT2D eigenvalue weighted by molar-refractivity contribution is -0.384. The van der Waals surface area contributed by atoms with Gasteiger partial charge in [0.2, 0.25) is 11.7 Å². The standard InChI is InChI=1S/C12H17N3O5/c1-4-14(8-11(16)20-5-2)12-9(15(17)18)6-7-10(13-12)19-3/h6-7H,4-5,8H2,1-3H3. The molecule has 20 heavy (non-hydrogen) atoms. The molecule has 0 fully saturated rings. The molecule has 0 amide bonds. The minimum atomic E-state index is -0.546. The van der Waals surface area contributed by atoms with Crippen LogP contribution in [-0.4, -0.2) is 42.7 Å². The molecular weight excluding hydrogens is 266 g/mol. The Hall–Kier alpha value is -2.38. The number of likely N-dealkylation sites (N-methyl/N-ethyl adjacent to an activating group) is 1. The number of rotatable bonds is 7. The topological polar surface area (TPSA) is 94.8 Å². The average Bonchev–Trinajstić information content (AvgIpc) is 2.44. The Labute approximate surface area is 116 Å². The summed E-state index contributed by atoms with van der Waals surface area (Å²) in [5.74, 6) is -0.133. The number of aromatic nitrogens is 1. The van der Waals surface area contributed by atoms with E-state index >= 15 is 0 Å². The SMILES string of the molecule is CCOC(=O)CN(CC)c1nc(OC)ccc1[N+](=O)[O-]. The molecule has 0 unspecified atom stereocenters. The number of hydrogen-bond acceptors (Lipinski definition) is 7. The Morgan fingerprint density at radius 1 is 1.45 bits per heavy atom. The van der Waals surface area contributed by atoms with Crippen molar-refractivity contribution in [3.63, 3.8) is 0 Å². The first kappa shape index (κ1) is 15.7. The van der Waals surface area contributed by atoms with E-state index in [1.54, 1.807) is 13.8 Å². The molecule has 0 spiro atoms. The van der Waals surface area contributed by atoms with E-state index in [0.717, 1.165) is 0 Å². The van der Waals surface area contributed by atoms with Crippen LogP contribution in [0.25, 0.3) is 0 Å². The summed E-state index contributed by atoms with van der Waals surface area (Å²) in [6.07, 6.45) is 0. The fourth-order valence-corrected chi connectivity index (χ4v) is 1.61. The number of anilines is 1. The van der Waals surface area contributed by atoms with Crippen molar-refractivity contribution in [2.45, 2.75) is 13.8 Å².